The first kappa shape index (κ1) is 15.6. The van der Waals surface area contributed by atoms with E-state index in [1.165, 1.54) is 0 Å². The monoisotopic (exact) mass is 291 g/mol. The Labute approximate surface area is 126 Å². The van der Waals surface area contributed by atoms with Gasteiger partial charge in [-0.3, -0.25) is 4.79 Å². The lowest BCUT2D eigenvalue weighted by atomic mass is 9.86. The topological polar surface area (TPSA) is 69.8 Å². The molecule has 1 aromatic rings. The Bertz CT molecular complexity index is 485. The number of aromatic hydroxyl groups is 1. The summed E-state index contributed by atoms with van der Waals surface area (Å²) in [4.78, 5) is 16.5. The van der Waals surface area contributed by atoms with Gasteiger partial charge in [0.25, 0.3) is 0 Å². The summed E-state index contributed by atoms with van der Waals surface area (Å²) >= 11 is 0. The van der Waals surface area contributed by atoms with Crippen LogP contribution in [0.4, 0.5) is 5.69 Å². The molecule has 0 bridgehead atoms. The average Bonchev–Trinajstić information content (AvgIpc) is 2.46. The number of rotatable bonds is 2. The van der Waals surface area contributed by atoms with Crippen molar-refractivity contribution in [3.8, 4) is 5.75 Å². The van der Waals surface area contributed by atoms with Crippen molar-refractivity contribution in [2.75, 3.05) is 31.1 Å². The molecule has 1 aromatic carbocycles. The van der Waals surface area contributed by atoms with Crippen molar-refractivity contribution in [1.82, 2.24) is 4.90 Å². The third-order valence-electron chi connectivity index (χ3n) is 4.01. The van der Waals surface area contributed by atoms with Crippen LogP contribution in [0.15, 0.2) is 24.3 Å². The second-order valence-corrected chi connectivity index (χ2v) is 6.67. The van der Waals surface area contributed by atoms with E-state index in [2.05, 4.69) is 4.90 Å². The number of nitrogens with zero attached hydrogens (tertiary/aromatic N) is 2. The van der Waals surface area contributed by atoms with Gasteiger partial charge in [0.1, 0.15) is 5.75 Å². The normalized spacial score (nSPS) is 17.7. The molecule has 116 valence electrons. The zero-order chi connectivity index (χ0) is 15.6. The van der Waals surface area contributed by atoms with E-state index in [1.54, 1.807) is 12.1 Å². The second-order valence-electron chi connectivity index (χ2n) is 6.67. The molecule has 1 saturated heterocycles. The van der Waals surface area contributed by atoms with Crippen LogP contribution in [0.5, 0.6) is 5.75 Å². The molecule has 1 aliphatic heterocycles. The molecule has 0 radical (unpaired) electrons. The van der Waals surface area contributed by atoms with Gasteiger partial charge in [-0.05, 0) is 29.7 Å². The highest BCUT2D eigenvalue weighted by Crippen LogP contribution is 2.22. The highest BCUT2D eigenvalue weighted by Gasteiger charge is 2.32. The molecule has 5 nitrogen and oxygen atoms in total. The number of nitrogens with two attached hydrogens (primary N) is 1. The number of phenols is 1. The highest BCUT2D eigenvalue weighted by molar-refractivity contribution is 5.82. The maximum absolute atomic E-state index is 12.4. The Balaban J connectivity index is 1.94. The molecule has 1 fully saturated rings. The van der Waals surface area contributed by atoms with Crippen LogP contribution in [-0.2, 0) is 4.79 Å². The molecule has 0 aliphatic carbocycles. The van der Waals surface area contributed by atoms with E-state index < -0.39 is 6.04 Å². The van der Waals surface area contributed by atoms with E-state index >= 15 is 0 Å². The maximum Gasteiger partial charge on any atom is 0.240 e. The summed E-state index contributed by atoms with van der Waals surface area (Å²) < 4.78 is 0. The maximum atomic E-state index is 12.4. The van der Waals surface area contributed by atoms with Crippen LogP contribution in [0.3, 0.4) is 0 Å². The van der Waals surface area contributed by atoms with Crippen molar-refractivity contribution in [3.63, 3.8) is 0 Å². The highest BCUT2D eigenvalue weighted by atomic mass is 16.3. The van der Waals surface area contributed by atoms with Crippen LogP contribution >= 0.6 is 0 Å². The standard InChI is InChI=1S/C16H25N3O2/c1-16(2,3)14(17)15(21)19-10-8-18(9-11-19)12-4-6-13(20)7-5-12/h4-7,14,20H,8-11,17H2,1-3H3. The molecule has 1 aliphatic rings. The van der Waals surface area contributed by atoms with E-state index in [1.807, 2.05) is 37.8 Å². The Hall–Kier alpha value is -1.75. The van der Waals surface area contributed by atoms with Gasteiger partial charge < -0.3 is 20.6 Å². The van der Waals surface area contributed by atoms with Gasteiger partial charge >= 0.3 is 0 Å². The number of hydrogen-bond donors (Lipinski definition) is 2. The molecule has 1 atom stereocenters. The third kappa shape index (κ3) is 3.67. The Morgan fingerprint density at radius 3 is 2.14 bits per heavy atom. The molecule has 0 aromatic heterocycles. The van der Waals surface area contributed by atoms with E-state index in [0.717, 1.165) is 18.8 Å². The number of benzene rings is 1. The zero-order valence-electron chi connectivity index (χ0n) is 13.0. The fraction of sp³-hybridized carbons (Fsp3) is 0.562. The minimum atomic E-state index is -0.460. The SMILES string of the molecule is CC(C)(C)C(N)C(=O)N1CCN(c2ccc(O)cc2)CC1. The average molecular weight is 291 g/mol. The first-order valence-corrected chi connectivity index (χ1v) is 7.37. The van der Waals surface area contributed by atoms with Gasteiger partial charge in [0, 0.05) is 31.9 Å². The van der Waals surface area contributed by atoms with Gasteiger partial charge in [-0.2, -0.15) is 0 Å². The van der Waals surface area contributed by atoms with E-state index in [0.29, 0.717) is 13.1 Å². The molecule has 3 N–H and O–H groups in total. The summed E-state index contributed by atoms with van der Waals surface area (Å²) in [6.45, 7) is 8.90. The Morgan fingerprint density at radius 1 is 1.14 bits per heavy atom. The van der Waals surface area contributed by atoms with Gasteiger partial charge in [-0.25, -0.2) is 0 Å². The molecule has 1 heterocycles. The number of carbonyl (C=O) groups is 1. The van der Waals surface area contributed by atoms with Crippen LogP contribution in [0.2, 0.25) is 0 Å². The van der Waals surface area contributed by atoms with Crippen molar-refractivity contribution in [3.05, 3.63) is 24.3 Å². The van der Waals surface area contributed by atoms with Crippen LogP contribution in [0.1, 0.15) is 20.8 Å². The second kappa shape index (κ2) is 5.93. The van der Waals surface area contributed by atoms with Crippen LogP contribution < -0.4 is 10.6 Å². The smallest absolute Gasteiger partial charge is 0.240 e. The molecule has 5 heteroatoms. The molecule has 0 spiro atoms. The van der Waals surface area contributed by atoms with Crippen molar-refractivity contribution in [2.24, 2.45) is 11.1 Å². The predicted octanol–water partition coefficient (Wildman–Crippen LogP) is 1.41. The number of carbonyl (C=O) groups excluding carboxylic acids is 1. The lowest BCUT2D eigenvalue weighted by Gasteiger charge is -2.39. The van der Waals surface area contributed by atoms with Gasteiger partial charge in [0.2, 0.25) is 5.91 Å². The van der Waals surface area contributed by atoms with Crippen molar-refractivity contribution in [2.45, 2.75) is 26.8 Å². The third-order valence-corrected chi connectivity index (χ3v) is 4.01. The fourth-order valence-corrected chi connectivity index (χ4v) is 2.42. The Kier molecular flexibility index (Phi) is 4.42. The summed E-state index contributed by atoms with van der Waals surface area (Å²) in [5.41, 5.74) is 6.91. The molecule has 21 heavy (non-hydrogen) atoms. The summed E-state index contributed by atoms with van der Waals surface area (Å²) in [5.74, 6) is 0.302. The summed E-state index contributed by atoms with van der Waals surface area (Å²) in [7, 11) is 0. The first-order chi connectivity index (χ1) is 9.79. The molecule has 1 amide bonds. The number of phenolic OH excluding ortho intramolecular Hbond substituents is 1. The Morgan fingerprint density at radius 2 is 1.67 bits per heavy atom. The first-order valence-electron chi connectivity index (χ1n) is 7.37. The lowest BCUT2D eigenvalue weighted by Crippen LogP contribution is -2.56. The van der Waals surface area contributed by atoms with Crippen molar-refractivity contribution in [1.29, 1.82) is 0 Å². The molecule has 0 saturated carbocycles. The quantitative estimate of drug-likeness (QED) is 0.864. The van der Waals surface area contributed by atoms with Crippen LogP contribution in [-0.4, -0.2) is 48.1 Å². The number of amides is 1. The van der Waals surface area contributed by atoms with E-state index in [9.17, 15) is 9.90 Å². The fourth-order valence-electron chi connectivity index (χ4n) is 2.42. The summed E-state index contributed by atoms with van der Waals surface area (Å²) in [6, 6.07) is 6.70. The van der Waals surface area contributed by atoms with Gasteiger partial charge in [-0.15, -0.1) is 0 Å². The summed E-state index contributed by atoms with van der Waals surface area (Å²) in [6.07, 6.45) is 0. The number of hydrogen-bond acceptors (Lipinski definition) is 4. The van der Waals surface area contributed by atoms with Crippen molar-refractivity contribution >= 4 is 11.6 Å². The lowest BCUT2D eigenvalue weighted by molar-refractivity contribution is -0.135. The van der Waals surface area contributed by atoms with Crippen LogP contribution in [0, 0.1) is 5.41 Å². The van der Waals surface area contributed by atoms with Crippen molar-refractivity contribution < 1.29 is 9.90 Å². The van der Waals surface area contributed by atoms with E-state index in [4.69, 9.17) is 5.73 Å². The van der Waals surface area contributed by atoms with Gasteiger partial charge in [0.15, 0.2) is 0 Å². The van der Waals surface area contributed by atoms with Gasteiger partial charge in [0.05, 0.1) is 6.04 Å². The number of piperazine rings is 1. The largest absolute Gasteiger partial charge is 0.508 e. The molecule has 1 unspecified atom stereocenters. The minimum absolute atomic E-state index is 0.0351. The minimum Gasteiger partial charge on any atom is -0.508 e. The molecule has 2 rings (SSSR count). The van der Waals surface area contributed by atoms with Gasteiger partial charge in [-0.1, -0.05) is 20.8 Å². The molecular formula is C16H25N3O2. The number of anilines is 1. The zero-order valence-corrected chi connectivity index (χ0v) is 13.0. The van der Waals surface area contributed by atoms with Crippen LogP contribution in [0.25, 0.3) is 0 Å². The predicted molar refractivity (Wildman–Crippen MR) is 84.3 cm³/mol. The summed E-state index contributed by atoms with van der Waals surface area (Å²) in [5, 5.41) is 9.32. The molecular weight excluding hydrogens is 266 g/mol. The van der Waals surface area contributed by atoms with E-state index in [-0.39, 0.29) is 17.1 Å².